The Morgan fingerprint density at radius 2 is 1.44 bits per heavy atom. The van der Waals surface area contributed by atoms with Crippen molar-refractivity contribution in [1.82, 2.24) is 0 Å². The van der Waals surface area contributed by atoms with Gasteiger partial charge < -0.3 is 14.7 Å². The zero-order valence-corrected chi connectivity index (χ0v) is 18.7. The molecule has 0 unspecified atom stereocenters. The van der Waals surface area contributed by atoms with Gasteiger partial charge in [0.25, 0.3) is 0 Å². The number of anilines is 1. The van der Waals surface area contributed by atoms with Crippen LogP contribution in [0.5, 0.6) is 11.5 Å². The number of halogens is 8. The van der Waals surface area contributed by atoms with Gasteiger partial charge in [-0.25, -0.2) is 0 Å². The first-order valence-corrected chi connectivity index (χ1v) is 10.6. The number of alkyl halides is 8. The molecule has 0 fully saturated rings. The normalized spacial score (nSPS) is 13.4. The third-order valence-electron chi connectivity index (χ3n) is 5.28. The van der Waals surface area contributed by atoms with E-state index in [4.69, 9.17) is 4.74 Å². The van der Waals surface area contributed by atoms with Crippen LogP contribution in [0.3, 0.4) is 0 Å². The van der Waals surface area contributed by atoms with Crippen molar-refractivity contribution in [1.29, 1.82) is 0 Å². The molecule has 0 aliphatic carbocycles. The summed E-state index contributed by atoms with van der Waals surface area (Å²) < 4.78 is 113. The minimum atomic E-state index is -5.92. The van der Waals surface area contributed by atoms with E-state index < -0.39 is 48.6 Å². The molecule has 1 N–H and O–H groups in total. The fourth-order valence-electron chi connectivity index (χ4n) is 3.38. The minimum absolute atomic E-state index is 0.00744. The van der Waals surface area contributed by atoms with Gasteiger partial charge >= 0.3 is 18.3 Å². The van der Waals surface area contributed by atoms with E-state index in [-0.39, 0.29) is 11.4 Å². The van der Waals surface area contributed by atoms with Crippen molar-refractivity contribution in [2.24, 2.45) is 0 Å². The minimum Gasteiger partial charge on any atom is -0.457 e. The number of aliphatic hydroxyl groups is 1. The van der Waals surface area contributed by atoms with Gasteiger partial charge in [0.2, 0.25) is 0 Å². The zero-order chi connectivity index (χ0) is 26.7. The van der Waals surface area contributed by atoms with Gasteiger partial charge in [0, 0.05) is 23.9 Å². The zero-order valence-electron chi connectivity index (χ0n) is 18.7. The molecule has 0 aliphatic rings. The molecule has 0 radical (unpaired) electrons. The predicted octanol–water partition coefficient (Wildman–Crippen LogP) is 7.37. The van der Waals surface area contributed by atoms with E-state index >= 15 is 0 Å². The van der Waals surface area contributed by atoms with Gasteiger partial charge in [-0.05, 0) is 36.8 Å². The molecule has 0 spiro atoms. The van der Waals surface area contributed by atoms with Crippen LogP contribution in [0.4, 0.5) is 40.8 Å². The second-order valence-electron chi connectivity index (χ2n) is 8.08. The predicted molar refractivity (Wildman–Crippen MR) is 117 cm³/mol. The molecular formula is C25H21F8NO2. The van der Waals surface area contributed by atoms with E-state index in [1.165, 1.54) is 30.3 Å². The van der Waals surface area contributed by atoms with Crippen molar-refractivity contribution in [3.63, 3.8) is 0 Å². The standard InChI is InChI=1S/C25H21F8NO2/c1-16-9-11-19(12-10-16)36-20-7-4-6-18(13-20)34(15-22(35)24(28,29)30)14-17-5-2-3-8-21(17)23(26,27)25(31,32)33/h2-13,22,35H,14-15H2,1H3/t22-/m1/s1. The Bertz CT molecular complexity index is 1160. The van der Waals surface area contributed by atoms with Crippen LogP contribution in [-0.4, -0.2) is 30.1 Å². The number of nitrogens with zero attached hydrogens (tertiary/aromatic N) is 1. The van der Waals surface area contributed by atoms with Crippen molar-refractivity contribution < 1.29 is 45.0 Å². The summed E-state index contributed by atoms with van der Waals surface area (Å²) in [6, 6.07) is 16.1. The van der Waals surface area contributed by atoms with Crippen LogP contribution >= 0.6 is 0 Å². The highest BCUT2D eigenvalue weighted by molar-refractivity contribution is 5.53. The first kappa shape index (κ1) is 27.3. The molecular weight excluding hydrogens is 498 g/mol. The van der Waals surface area contributed by atoms with Gasteiger partial charge in [0.05, 0.1) is 6.54 Å². The molecule has 36 heavy (non-hydrogen) atoms. The Labute approximate surface area is 201 Å². The third-order valence-corrected chi connectivity index (χ3v) is 5.28. The maximum Gasteiger partial charge on any atom is 0.458 e. The van der Waals surface area contributed by atoms with Crippen molar-refractivity contribution in [3.05, 3.63) is 89.5 Å². The molecule has 1 atom stereocenters. The van der Waals surface area contributed by atoms with Crippen LogP contribution in [0.25, 0.3) is 0 Å². The molecule has 11 heteroatoms. The quantitative estimate of drug-likeness (QED) is 0.316. The molecule has 0 amide bonds. The van der Waals surface area contributed by atoms with Gasteiger partial charge in [-0.15, -0.1) is 0 Å². The first-order valence-electron chi connectivity index (χ1n) is 10.6. The van der Waals surface area contributed by atoms with Gasteiger partial charge in [-0.2, -0.15) is 35.1 Å². The van der Waals surface area contributed by atoms with Crippen LogP contribution in [0.2, 0.25) is 0 Å². The Morgan fingerprint density at radius 1 is 0.806 bits per heavy atom. The SMILES string of the molecule is Cc1ccc(Oc2cccc(N(Cc3ccccc3C(F)(F)C(F)(F)F)C[C@@H](O)C(F)(F)F)c2)cc1. The second kappa shape index (κ2) is 10.3. The van der Waals surface area contributed by atoms with Gasteiger partial charge in [-0.1, -0.05) is 48.0 Å². The maximum atomic E-state index is 14.2. The number of aliphatic hydroxyl groups excluding tert-OH is 1. The molecule has 3 nitrogen and oxygen atoms in total. The summed E-state index contributed by atoms with van der Waals surface area (Å²) in [6.07, 6.45) is -13.9. The molecule has 0 bridgehead atoms. The second-order valence-corrected chi connectivity index (χ2v) is 8.08. The van der Waals surface area contributed by atoms with Crippen molar-refractivity contribution >= 4 is 5.69 Å². The lowest BCUT2D eigenvalue weighted by atomic mass is 10.00. The number of rotatable bonds is 8. The monoisotopic (exact) mass is 519 g/mol. The van der Waals surface area contributed by atoms with Gasteiger partial charge in [0.1, 0.15) is 11.5 Å². The summed E-state index contributed by atoms with van der Waals surface area (Å²) in [5, 5.41) is 9.66. The average Bonchev–Trinajstić information content (AvgIpc) is 2.79. The summed E-state index contributed by atoms with van der Waals surface area (Å²) in [5.74, 6) is -4.65. The van der Waals surface area contributed by atoms with Gasteiger partial charge in [0.15, 0.2) is 6.10 Å². The lowest BCUT2D eigenvalue weighted by Crippen LogP contribution is -2.41. The molecule has 0 aliphatic heterocycles. The number of aryl methyl sites for hydroxylation is 1. The first-order chi connectivity index (χ1) is 16.7. The maximum absolute atomic E-state index is 14.2. The van der Waals surface area contributed by atoms with E-state index in [9.17, 15) is 40.2 Å². The van der Waals surface area contributed by atoms with E-state index in [1.807, 2.05) is 6.92 Å². The smallest absolute Gasteiger partial charge is 0.457 e. The van der Waals surface area contributed by atoms with Crippen LogP contribution in [0.1, 0.15) is 16.7 Å². The highest BCUT2D eigenvalue weighted by atomic mass is 19.4. The number of benzene rings is 3. The van der Waals surface area contributed by atoms with Crippen LogP contribution in [0.15, 0.2) is 72.8 Å². The van der Waals surface area contributed by atoms with Crippen LogP contribution in [-0.2, 0) is 12.5 Å². The number of hydrogen-bond donors (Lipinski definition) is 1. The van der Waals surface area contributed by atoms with E-state index in [1.54, 1.807) is 24.3 Å². The fraction of sp³-hybridized carbons (Fsp3) is 0.280. The molecule has 0 saturated carbocycles. The lowest BCUT2D eigenvalue weighted by Gasteiger charge is -2.30. The highest BCUT2D eigenvalue weighted by Crippen LogP contribution is 2.45. The van der Waals surface area contributed by atoms with Gasteiger partial charge in [-0.3, -0.25) is 0 Å². The highest BCUT2D eigenvalue weighted by Gasteiger charge is 2.59. The Morgan fingerprint density at radius 3 is 2.06 bits per heavy atom. The number of ether oxygens (including phenoxy) is 1. The summed E-state index contributed by atoms with van der Waals surface area (Å²) in [4.78, 5) is 0.867. The summed E-state index contributed by atoms with van der Waals surface area (Å²) in [7, 11) is 0. The molecule has 0 aromatic heterocycles. The Balaban J connectivity index is 1.99. The van der Waals surface area contributed by atoms with Crippen molar-refractivity contribution in [3.8, 4) is 11.5 Å². The number of hydrogen-bond acceptors (Lipinski definition) is 3. The Kier molecular flexibility index (Phi) is 7.82. The summed E-state index contributed by atoms with van der Waals surface area (Å²) in [5.41, 5.74) is -0.985. The lowest BCUT2D eigenvalue weighted by molar-refractivity contribution is -0.289. The van der Waals surface area contributed by atoms with E-state index in [2.05, 4.69) is 0 Å². The Hall–Kier alpha value is -3.34. The fourth-order valence-corrected chi connectivity index (χ4v) is 3.38. The largest absolute Gasteiger partial charge is 0.458 e. The molecule has 3 aromatic carbocycles. The van der Waals surface area contributed by atoms with Crippen molar-refractivity contribution in [2.45, 2.75) is 37.8 Å². The summed E-state index contributed by atoms with van der Waals surface area (Å²) in [6.45, 7) is -0.0409. The topological polar surface area (TPSA) is 32.7 Å². The van der Waals surface area contributed by atoms with E-state index in [0.717, 1.165) is 22.6 Å². The average molecular weight is 519 g/mol. The molecule has 0 saturated heterocycles. The van der Waals surface area contributed by atoms with Crippen LogP contribution in [0, 0.1) is 6.92 Å². The molecule has 0 heterocycles. The van der Waals surface area contributed by atoms with E-state index in [0.29, 0.717) is 11.8 Å². The summed E-state index contributed by atoms with van der Waals surface area (Å²) >= 11 is 0. The third kappa shape index (κ3) is 6.45. The molecule has 3 aromatic rings. The molecule has 3 rings (SSSR count). The van der Waals surface area contributed by atoms with Crippen molar-refractivity contribution in [2.75, 3.05) is 11.4 Å². The van der Waals surface area contributed by atoms with Crippen LogP contribution < -0.4 is 9.64 Å². The molecule has 194 valence electrons.